The highest BCUT2D eigenvalue weighted by Crippen LogP contribution is 2.21. The minimum absolute atomic E-state index is 0.0880. The summed E-state index contributed by atoms with van der Waals surface area (Å²) in [5.74, 6) is -1.10. The number of hydrogen-bond acceptors (Lipinski definition) is 5. The number of nitrogens with zero attached hydrogens (tertiary/aromatic N) is 2. The van der Waals surface area contributed by atoms with Crippen LogP contribution in [0.15, 0.2) is 65.6 Å². The summed E-state index contributed by atoms with van der Waals surface area (Å²) < 4.78 is 20.1. The largest absolute Gasteiger partial charge is 0.455 e. The first-order chi connectivity index (χ1) is 13.5. The molecular weight excluding hydrogens is 381 g/mol. The van der Waals surface area contributed by atoms with E-state index in [1.165, 1.54) is 6.07 Å². The van der Waals surface area contributed by atoms with Gasteiger partial charge in [-0.05, 0) is 31.2 Å². The molecular formula is C20H18FN3O3S. The first-order valence-corrected chi connectivity index (χ1v) is 9.46. The van der Waals surface area contributed by atoms with Crippen molar-refractivity contribution in [1.29, 1.82) is 0 Å². The molecule has 0 saturated carbocycles. The Balaban J connectivity index is 1.52. The Bertz CT molecular complexity index is 976. The van der Waals surface area contributed by atoms with Gasteiger partial charge in [-0.25, -0.2) is 9.07 Å². The molecule has 0 aliphatic carbocycles. The number of amides is 1. The Morgan fingerprint density at radius 3 is 2.61 bits per heavy atom. The summed E-state index contributed by atoms with van der Waals surface area (Å²) in [5.41, 5.74) is 1.53. The van der Waals surface area contributed by atoms with Gasteiger partial charge in [-0.15, -0.1) is 11.8 Å². The van der Waals surface area contributed by atoms with Crippen molar-refractivity contribution in [3.8, 4) is 5.69 Å². The van der Waals surface area contributed by atoms with Crippen LogP contribution in [0, 0.1) is 12.7 Å². The number of benzene rings is 2. The van der Waals surface area contributed by atoms with Gasteiger partial charge in [-0.3, -0.25) is 9.59 Å². The second-order valence-corrected chi connectivity index (χ2v) is 6.86. The van der Waals surface area contributed by atoms with Crippen LogP contribution in [-0.2, 0) is 14.3 Å². The molecule has 0 aliphatic rings. The lowest BCUT2D eigenvalue weighted by molar-refractivity contribution is -0.144. The summed E-state index contributed by atoms with van der Waals surface area (Å²) in [5, 5.41) is 7.04. The molecule has 0 aliphatic heterocycles. The van der Waals surface area contributed by atoms with Gasteiger partial charge in [-0.2, -0.15) is 5.10 Å². The van der Waals surface area contributed by atoms with E-state index < -0.39 is 24.3 Å². The fourth-order valence-corrected chi connectivity index (χ4v) is 3.16. The van der Waals surface area contributed by atoms with Gasteiger partial charge in [0, 0.05) is 11.0 Å². The van der Waals surface area contributed by atoms with E-state index in [1.807, 2.05) is 37.3 Å². The number of aromatic nitrogens is 2. The van der Waals surface area contributed by atoms with E-state index >= 15 is 0 Å². The summed E-state index contributed by atoms with van der Waals surface area (Å²) in [6.07, 6.45) is 0. The van der Waals surface area contributed by atoms with Crippen LogP contribution in [0.3, 0.4) is 0 Å². The molecule has 1 aromatic heterocycles. The van der Waals surface area contributed by atoms with E-state index in [-0.39, 0.29) is 5.75 Å². The number of carbonyl (C=O) groups excluding carboxylic acids is 2. The van der Waals surface area contributed by atoms with Crippen molar-refractivity contribution >= 4 is 29.5 Å². The quantitative estimate of drug-likeness (QED) is 0.486. The zero-order valence-electron chi connectivity index (χ0n) is 15.1. The number of aryl methyl sites for hydroxylation is 1. The summed E-state index contributed by atoms with van der Waals surface area (Å²) in [6, 6.07) is 17.2. The van der Waals surface area contributed by atoms with Crippen LogP contribution < -0.4 is 5.32 Å². The number of hydrogen-bond donors (Lipinski definition) is 1. The maximum atomic E-state index is 13.5. The molecule has 3 rings (SSSR count). The normalized spacial score (nSPS) is 10.5. The first-order valence-electron chi connectivity index (χ1n) is 8.48. The predicted molar refractivity (Wildman–Crippen MR) is 105 cm³/mol. The third-order valence-electron chi connectivity index (χ3n) is 3.65. The predicted octanol–water partition coefficient (Wildman–Crippen LogP) is 3.59. The molecule has 0 bridgehead atoms. The van der Waals surface area contributed by atoms with Crippen LogP contribution in [0.2, 0.25) is 0 Å². The summed E-state index contributed by atoms with van der Waals surface area (Å²) in [7, 11) is 0. The van der Waals surface area contributed by atoms with Gasteiger partial charge in [0.05, 0.1) is 17.1 Å². The number of nitrogens with one attached hydrogen (secondary N) is 1. The second-order valence-electron chi connectivity index (χ2n) is 5.85. The zero-order valence-corrected chi connectivity index (χ0v) is 15.9. The number of para-hydroxylation sites is 1. The van der Waals surface area contributed by atoms with Crippen molar-refractivity contribution in [3.05, 3.63) is 72.2 Å². The molecule has 0 spiro atoms. The number of ether oxygens (including phenoxy) is 1. The molecule has 144 valence electrons. The number of esters is 1. The van der Waals surface area contributed by atoms with Gasteiger partial charge in [0.25, 0.3) is 5.91 Å². The molecule has 1 heterocycles. The van der Waals surface area contributed by atoms with Crippen molar-refractivity contribution in [1.82, 2.24) is 9.78 Å². The molecule has 8 heteroatoms. The van der Waals surface area contributed by atoms with Crippen molar-refractivity contribution in [2.75, 3.05) is 17.7 Å². The van der Waals surface area contributed by atoms with Gasteiger partial charge in [0.2, 0.25) is 0 Å². The monoisotopic (exact) mass is 399 g/mol. The molecule has 1 N–H and O–H groups in total. The van der Waals surface area contributed by atoms with Crippen LogP contribution >= 0.6 is 11.8 Å². The van der Waals surface area contributed by atoms with Crippen molar-refractivity contribution < 1.29 is 18.7 Å². The molecule has 28 heavy (non-hydrogen) atoms. The molecule has 2 aromatic carbocycles. The first kappa shape index (κ1) is 19.6. The minimum Gasteiger partial charge on any atom is -0.455 e. The average Bonchev–Trinajstić information content (AvgIpc) is 3.06. The van der Waals surface area contributed by atoms with Gasteiger partial charge in [0.15, 0.2) is 6.61 Å². The molecule has 6 nitrogen and oxygen atoms in total. The van der Waals surface area contributed by atoms with E-state index in [9.17, 15) is 14.0 Å². The van der Waals surface area contributed by atoms with E-state index in [2.05, 4.69) is 10.4 Å². The molecule has 0 radical (unpaired) electrons. The van der Waals surface area contributed by atoms with Crippen molar-refractivity contribution in [3.63, 3.8) is 0 Å². The summed E-state index contributed by atoms with van der Waals surface area (Å²) in [6.45, 7) is 1.38. The Hall–Kier alpha value is -3.13. The van der Waals surface area contributed by atoms with Crippen LogP contribution in [0.4, 0.5) is 10.2 Å². The van der Waals surface area contributed by atoms with Gasteiger partial charge < -0.3 is 10.1 Å². The van der Waals surface area contributed by atoms with Gasteiger partial charge in [-0.1, -0.05) is 30.3 Å². The minimum atomic E-state index is -0.601. The molecule has 0 saturated heterocycles. The van der Waals surface area contributed by atoms with Crippen molar-refractivity contribution in [2.24, 2.45) is 0 Å². The Morgan fingerprint density at radius 2 is 1.86 bits per heavy atom. The summed E-state index contributed by atoms with van der Waals surface area (Å²) >= 11 is 1.02. The maximum absolute atomic E-state index is 13.5. The second kappa shape index (κ2) is 9.18. The number of rotatable bonds is 7. The highest BCUT2D eigenvalue weighted by Gasteiger charge is 2.13. The molecule has 0 fully saturated rings. The van der Waals surface area contributed by atoms with Crippen LogP contribution in [-0.4, -0.2) is 34.0 Å². The van der Waals surface area contributed by atoms with E-state index in [4.69, 9.17) is 4.74 Å². The number of anilines is 1. The Kier molecular flexibility index (Phi) is 6.44. The van der Waals surface area contributed by atoms with Crippen LogP contribution in [0.1, 0.15) is 5.69 Å². The fraction of sp³-hybridized carbons (Fsp3) is 0.150. The van der Waals surface area contributed by atoms with E-state index in [1.54, 1.807) is 28.9 Å². The fourth-order valence-electron chi connectivity index (χ4n) is 2.42. The highest BCUT2D eigenvalue weighted by molar-refractivity contribution is 8.00. The summed E-state index contributed by atoms with van der Waals surface area (Å²) in [4.78, 5) is 24.3. The van der Waals surface area contributed by atoms with Gasteiger partial charge in [0.1, 0.15) is 11.6 Å². The van der Waals surface area contributed by atoms with Gasteiger partial charge >= 0.3 is 5.97 Å². The van der Waals surface area contributed by atoms with E-state index in [0.29, 0.717) is 10.7 Å². The maximum Gasteiger partial charge on any atom is 0.316 e. The third kappa shape index (κ3) is 5.20. The molecule has 1 amide bonds. The van der Waals surface area contributed by atoms with Crippen molar-refractivity contribution in [2.45, 2.75) is 11.8 Å². The average molecular weight is 399 g/mol. The van der Waals surface area contributed by atoms with Crippen LogP contribution in [0.5, 0.6) is 0 Å². The third-order valence-corrected chi connectivity index (χ3v) is 4.67. The van der Waals surface area contributed by atoms with Crippen LogP contribution in [0.25, 0.3) is 5.69 Å². The number of halogens is 1. The number of carbonyl (C=O) groups is 2. The molecule has 3 aromatic rings. The lowest BCUT2D eigenvalue weighted by Crippen LogP contribution is -2.23. The molecule has 0 atom stereocenters. The lowest BCUT2D eigenvalue weighted by atomic mass is 10.3. The highest BCUT2D eigenvalue weighted by atomic mass is 32.2. The Labute approximate surface area is 165 Å². The zero-order chi connectivity index (χ0) is 19.9. The van der Waals surface area contributed by atoms with E-state index in [0.717, 1.165) is 23.1 Å². The topological polar surface area (TPSA) is 73.2 Å². The smallest absolute Gasteiger partial charge is 0.316 e. The molecule has 0 unspecified atom stereocenters. The number of thioether (sulfide) groups is 1. The lowest BCUT2D eigenvalue weighted by Gasteiger charge is -2.09. The Morgan fingerprint density at radius 1 is 1.14 bits per heavy atom. The standard InChI is InChI=1S/C20H18FN3O3S/c1-14-11-18(24(23-14)15-7-3-2-4-8-15)22-19(25)12-27-20(26)13-28-17-10-6-5-9-16(17)21/h2-11H,12-13H2,1H3,(H,22,25). The SMILES string of the molecule is Cc1cc(NC(=O)COC(=O)CSc2ccccc2F)n(-c2ccccc2)n1.